The standard InChI is InChI=1S/C16H23ClN3O8P/c1-8(2)26-13(22)9(3)19-29(24)25-7-10-12(28-29)16(4,17)14(27-10)20-6-5-11(21)18-15(20)23/h5-6,8-10,12,14H,7H2,1-4H3,(H,19,24)(H,18,21,23)/t9-,10+,12+,14+,16+,29?/m0/s1. The number of hydrogen-bond acceptors (Lipinski definition) is 8. The van der Waals surface area contributed by atoms with E-state index in [1.165, 1.54) is 13.1 Å². The molecule has 1 aromatic heterocycles. The Balaban J connectivity index is 1.79. The van der Waals surface area contributed by atoms with E-state index in [0.29, 0.717) is 0 Å². The molecule has 6 atom stereocenters. The molecule has 2 aliphatic rings. The van der Waals surface area contributed by atoms with Gasteiger partial charge in [0.15, 0.2) is 6.23 Å². The quantitative estimate of drug-likeness (QED) is 0.379. The van der Waals surface area contributed by atoms with E-state index in [4.69, 9.17) is 30.1 Å². The van der Waals surface area contributed by atoms with Crippen LogP contribution in [-0.4, -0.2) is 51.4 Å². The van der Waals surface area contributed by atoms with Crippen LogP contribution in [0.15, 0.2) is 21.9 Å². The summed E-state index contributed by atoms with van der Waals surface area (Å²) in [6.45, 7) is 6.28. The SMILES string of the molecule is CC(C)OC(=O)[C@H](C)NP1(=O)OC[C@H]2O[C@@H](n3ccc(=O)[nH]c3=O)[C@](C)(Cl)[C@@H]2O1. The monoisotopic (exact) mass is 451 g/mol. The lowest BCUT2D eigenvalue weighted by atomic mass is 10.0. The number of esters is 1. The topological polar surface area (TPSA) is 138 Å². The lowest BCUT2D eigenvalue weighted by Gasteiger charge is -2.36. The molecule has 3 rings (SSSR count). The summed E-state index contributed by atoms with van der Waals surface area (Å²) in [6.07, 6.45) is -1.73. The summed E-state index contributed by atoms with van der Waals surface area (Å²) >= 11 is 6.65. The summed E-state index contributed by atoms with van der Waals surface area (Å²) in [5.41, 5.74) is -1.27. The van der Waals surface area contributed by atoms with Crippen LogP contribution in [-0.2, 0) is 27.9 Å². The van der Waals surface area contributed by atoms with Crippen molar-refractivity contribution >= 4 is 25.3 Å². The molecule has 0 aliphatic carbocycles. The Morgan fingerprint density at radius 3 is 2.76 bits per heavy atom. The second-order valence-corrected chi connectivity index (χ2v) is 9.89. The molecule has 3 heterocycles. The predicted octanol–water partition coefficient (Wildman–Crippen LogP) is 0.885. The maximum Gasteiger partial charge on any atom is 0.406 e. The number of hydrogen-bond donors (Lipinski definition) is 2. The van der Waals surface area contributed by atoms with Gasteiger partial charge in [-0.05, 0) is 27.7 Å². The van der Waals surface area contributed by atoms with Gasteiger partial charge in [0, 0.05) is 12.3 Å². The van der Waals surface area contributed by atoms with Gasteiger partial charge in [-0.3, -0.25) is 28.2 Å². The van der Waals surface area contributed by atoms with Crippen LogP contribution in [0.3, 0.4) is 0 Å². The number of H-pyrrole nitrogens is 1. The fraction of sp³-hybridized carbons (Fsp3) is 0.688. The van der Waals surface area contributed by atoms with Gasteiger partial charge in [0.25, 0.3) is 5.56 Å². The van der Waals surface area contributed by atoms with Crippen molar-refractivity contribution in [1.82, 2.24) is 14.6 Å². The summed E-state index contributed by atoms with van der Waals surface area (Å²) in [5.74, 6) is -0.612. The molecule has 29 heavy (non-hydrogen) atoms. The number of carbonyl (C=O) groups excluding carboxylic acids is 1. The maximum atomic E-state index is 13.0. The van der Waals surface area contributed by atoms with Crippen LogP contribution in [0.25, 0.3) is 0 Å². The fourth-order valence-electron chi connectivity index (χ4n) is 3.16. The molecule has 2 N–H and O–H groups in total. The van der Waals surface area contributed by atoms with Gasteiger partial charge in [0.05, 0.1) is 12.7 Å². The first-order valence-electron chi connectivity index (χ1n) is 9.00. The van der Waals surface area contributed by atoms with E-state index in [-0.39, 0.29) is 12.7 Å². The second kappa shape index (κ2) is 7.98. The lowest BCUT2D eigenvalue weighted by molar-refractivity contribution is -0.149. The zero-order chi connectivity index (χ0) is 21.6. The van der Waals surface area contributed by atoms with Crippen LogP contribution >= 0.6 is 19.3 Å². The molecule has 1 aromatic rings. The van der Waals surface area contributed by atoms with Crippen molar-refractivity contribution in [2.24, 2.45) is 0 Å². The normalized spacial score (nSPS) is 35.3. The number of carbonyl (C=O) groups is 1. The first-order chi connectivity index (χ1) is 13.4. The molecule has 2 fully saturated rings. The van der Waals surface area contributed by atoms with Crippen LogP contribution < -0.4 is 16.3 Å². The highest BCUT2D eigenvalue weighted by Crippen LogP contribution is 2.57. The average molecular weight is 452 g/mol. The second-order valence-electron chi connectivity index (χ2n) is 7.35. The molecule has 0 saturated carbocycles. The summed E-state index contributed by atoms with van der Waals surface area (Å²) in [6, 6.07) is 0.201. The van der Waals surface area contributed by atoms with E-state index < -0.39 is 54.3 Å². The van der Waals surface area contributed by atoms with Gasteiger partial charge < -0.3 is 9.47 Å². The number of ether oxygens (including phenoxy) is 2. The number of nitrogens with one attached hydrogen (secondary N) is 2. The zero-order valence-corrected chi connectivity index (χ0v) is 17.9. The molecule has 0 bridgehead atoms. The highest BCUT2D eigenvalue weighted by molar-refractivity contribution is 7.51. The molecule has 0 spiro atoms. The van der Waals surface area contributed by atoms with Crippen molar-refractivity contribution in [2.75, 3.05) is 6.61 Å². The van der Waals surface area contributed by atoms with Gasteiger partial charge in [-0.2, -0.15) is 0 Å². The van der Waals surface area contributed by atoms with Gasteiger partial charge in [-0.15, -0.1) is 11.6 Å². The van der Waals surface area contributed by atoms with Crippen LogP contribution in [0.1, 0.15) is 33.9 Å². The minimum absolute atomic E-state index is 0.141. The van der Waals surface area contributed by atoms with E-state index in [1.807, 2.05) is 0 Å². The van der Waals surface area contributed by atoms with E-state index in [0.717, 1.165) is 10.6 Å². The maximum absolute atomic E-state index is 13.0. The van der Waals surface area contributed by atoms with Crippen molar-refractivity contribution in [3.05, 3.63) is 33.1 Å². The van der Waals surface area contributed by atoms with Crippen LogP contribution in [0.4, 0.5) is 0 Å². The molecule has 13 heteroatoms. The van der Waals surface area contributed by atoms with E-state index in [1.54, 1.807) is 20.8 Å². The van der Waals surface area contributed by atoms with Crippen LogP contribution in [0.2, 0.25) is 0 Å². The summed E-state index contributed by atoms with van der Waals surface area (Å²) < 4.78 is 36.0. The average Bonchev–Trinajstić information content (AvgIpc) is 2.85. The van der Waals surface area contributed by atoms with Gasteiger partial charge in [-0.25, -0.2) is 14.4 Å². The number of alkyl halides is 1. The molecule has 0 radical (unpaired) electrons. The van der Waals surface area contributed by atoms with Crippen molar-refractivity contribution in [2.45, 2.75) is 63.2 Å². The van der Waals surface area contributed by atoms with Gasteiger partial charge >= 0.3 is 19.4 Å². The Morgan fingerprint density at radius 1 is 1.45 bits per heavy atom. The van der Waals surface area contributed by atoms with Crippen LogP contribution in [0.5, 0.6) is 0 Å². The highest BCUT2D eigenvalue weighted by Gasteiger charge is 2.60. The van der Waals surface area contributed by atoms with E-state index in [9.17, 15) is 18.9 Å². The zero-order valence-electron chi connectivity index (χ0n) is 16.3. The summed E-state index contributed by atoms with van der Waals surface area (Å²) in [7, 11) is -3.92. The summed E-state index contributed by atoms with van der Waals surface area (Å²) in [4.78, 5) is 36.2. The largest absolute Gasteiger partial charge is 0.462 e. The molecular formula is C16H23ClN3O8P. The van der Waals surface area contributed by atoms with Gasteiger partial charge in [0.1, 0.15) is 23.1 Å². The van der Waals surface area contributed by atoms with Crippen molar-refractivity contribution in [1.29, 1.82) is 0 Å². The molecular weight excluding hydrogens is 429 g/mol. The molecule has 162 valence electrons. The third kappa shape index (κ3) is 4.50. The molecule has 0 aromatic carbocycles. The van der Waals surface area contributed by atoms with E-state index >= 15 is 0 Å². The number of fused-ring (bicyclic) bond motifs is 1. The third-order valence-electron chi connectivity index (χ3n) is 4.50. The first-order valence-corrected chi connectivity index (χ1v) is 10.9. The molecule has 0 amide bonds. The third-order valence-corrected chi connectivity index (χ3v) is 6.60. The Labute approximate surface area is 171 Å². The first kappa shape index (κ1) is 22.2. The Kier molecular flexibility index (Phi) is 6.11. The Hall–Kier alpha value is -1.49. The summed E-state index contributed by atoms with van der Waals surface area (Å²) in [5, 5.41) is 2.53. The van der Waals surface area contributed by atoms with Gasteiger partial charge in [-0.1, -0.05) is 0 Å². The fourth-order valence-corrected chi connectivity index (χ4v) is 5.34. The Bertz CT molecular complexity index is 945. The minimum Gasteiger partial charge on any atom is -0.462 e. The lowest BCUT2D eigenvalue weighted by Crippen LogP contribution is -2.47. The number of rotatable bonds is 5. The predicted molar refractivity (Wildman–Crippen MR) is 102 cm³/mol. The smallest absolute Gasteiger partial charge is 0.406 e. The molecule has 2 aliphatic heterocycles. The van der Waals surface area contributed by atoms with Gasteiger partial charge in [0.2, 0.25) is 0 Å². The molecule has 2 saturated heterocycles. The minimum atomic E-state index is -3.92. The number of halogens is 1. The van der Waals surface area contributed by atoms with Crippen molar-refractivity contribution in [3.63, 3.8) is 0 Å². The van der Waals surface area contributed by atoms with Crippen molar-refractivity contribution in [3.8, 4) is 0 Å². The number of nitrogens with zero attached hydrogens (tertiary/aromatic N) is 1. The van der Waals surface area contributed by atoms with Crippen LogP contribution in [0, 0.1) is 0 Å². The highest BCUT2D eigenvalue weighted by atomic mass is 35.5. The molecule has 11 nitrogen and oxygen atoms in total. The van der Waals surface area contributed by atoms with Crippen molar-refractivity contribution < 1.29 is 27.9 Å². The molecule has 1 unspecified atom stereocenters. The number of aromatic nitrogens is 2. The Morgan fingerprint density at radius 2 is 2.14 bits per heavy atom. The van der Waals surface area contributed by atoms with E-state index in [2.05, 4.69) is 10.1 Å². The number of aromatic amines is 1.